The van der Waals surface area contributed by atoms with Crippen LogP contribution >= 0.6 is 0 Å². The van der Waals surface area contributed by atoms with Gasteiger partial charge in [-0.3, -0.25) is 4.40 Å². The summed E-state index contributed by atoms with van der Waals surface area (Å²) in [5, 5.41) is 7.91. The van der Waals surface area contributed by atoms with E-state index in [2.05, 4.69) is 10.2 Å². The summed E-state index contributed by atoms with van der Waals surface area (Å²) in [5.41, 5.74) is 8.39. The Bertz CT molecular complexity index is 430. The van der Waals surface area contributed by atoms with E-state index in [4.69, 9.17) is 5.73 Å². The third kappa shape index (κ3) is 0.845. The Balaban J connectivity index is 2.87. The zero-order valence-electron chi connectivity index (χ0n) is 7.07. The van der Waals surface area contributed by atoms with Crippen LogP contribution in [-0.2, 0) is 0 Å². The third-order valence-electron chi connectivity index (χ3n) is 1.96. The van der Waals surface area contributed by atoms with Gasteiger partial charge in [-0.05, 0) is 25.5 Å². The summed E-state index contributed by atoms with van der Waals surface area (Å²) >= 11 is 0. The molecular formula is C8H10N4. The monoisotopic (exact) mass is 162 g/mol. The van der Waals surface area contributed by atoms with Crippen molar-refractivity contribution in [2.24, 2.45) is 0 Å². The van der Waals surface area contributed by atoms with Crippen LogP contribution in [0.2, 0.25) is 0 Å². The molecule has 0 aliphatic heterocycles. The molecule has 0 fully saturated rings. The van der Waals surface area contributed by atoms with Gasteiger partial charge in [-0.1, -0.05) is 0 Å². The fraction of sp³-hybridized carbons (Fsp3) is 0.250. The predicted molar refractivity (Wildman–Crippen MR) is 46.9 cm³/mol. The molecule has 2 rings (SSSR count). The molecule has 0 radical (unpaired) electrons. The molecule has 2 aromatic rings. The van der Waals surface area contributed by atoms with Crippen molar-refractivity contribution >= 4 is 11.3 Å². The SMILES string of the molecule is Cc1cc2nnc(C)n2cc1N. The highest BCUT2D eigenvalue weighted by molar-refractivity contribution is 5.53. The molecule has 12 heavy (non-hydrogen) atoms. The quantitative estimate of drug-likeness (QED) is 0.627. The Morgan fingerprint density at radius 2 is 2.08 bits per heavy atom. The van der Waals surface area contributed by atoms with Crippen molar-refractivity contribution in [2.45, 2.75) is 13.8 Å². The molecule has 2 aromatic heterocycles. The number of fused-ring (bicyclic) bond motifs is 1. The summed E-state index contributed by atoms with van der Waals surface area (Å²) in [5.74, 6) is 0.858. The first-order chi connectivity index (χ1) is 5.68. The number of pyridine rings is 1. The van der Waals surface area contributed by atoms with Gasteiger partial charge in [0.05, 0.1) is 5.69 Å². The Kier molecular flexibility index (Phi) is 1.30. The molecule has 0 bridgehead atoms. The van der Waals surface area contributed by atoms with E-state index >= 15 is 0 Å². The molecule has 0 aromatic carbocycles. The number of nitrogen functional groups attached to an aromatic ring is 1. The van der Waals surface area contributed by atoms with Crippen LogP contribution in [0.5, 0.6) is 0 Å². The Labute approximate surface area is 70.0 Å². The average molecular weight is 162 g/mol. The second kappa shape index (κ2) is 2.20. The van der Waals surface area contributed by atoms with Gasteiger partial charge >= 0.3 is 0 Å². The van der Waals surface area contributed by atoms with E-state index in [9.17, 15) is 0 Å². The van der Waals surface area contributed by atoms with Crippen molar-refractivity contribution in [1.29, 1.82) is 0 Å². The minimum Gasteiger partial charge on any atom is -0.397 e. The number of hydrogen-bond acceptors (Lipinski definition) is 3. The lowest BCUT2D eigenvalue weighted by molar-refractivity contribution is 1.01. The molecule has 0 aliphatic carbocycles. The number of aromatic nitrogens is 3. The molecule has 0 unspecified atom stereocenters. The molecule has 2 N–H and O–H groups in total. The van der Waals surface area contributed by atoms with E-state index in [-0.39, 0.29) is 0 Å². The molecule has 4 nitrogen and oxygen atoms in total. The summed E-state index contributed by atoms with van der Waals surface area (Å²) in [6, 6.07) is 1.93. The van der Waals surface area contributed by atoms with Gasteiger partial charge in [0.25, 0.3) is 0 Å². The molecule has 0 saturated heterocycles. The lowest BCUT2D eigenvalue weighted by Crippen LogP contribution is -1.95. The van der Waals surface area contributed by atoms with Gasteiger partial charge in [-0.15, -0.1) is 10.2 Å². The molecule has 2 heterocycles. The molecule has 62 valence electrons. The normalized spacial score (nSPS) is 10.8. The van der Waals surface area contributed by atoms with Crippen molar-refractivity contribution in [1.82, 2.24) is 14.6 Å². The van der Waals surface area contributed by atoms with Crippen molar-refractivity contribution in [3.63, 3.8) is 0 Å². The maximum atomic E-state index is 5.74. The van der Waals surface area contributed by atoms with E-state index in [1.54, 1.807) is 0 Å². The maximum absolute atomic E-state index is 5.74. The van der Waals surface area contributed by atoms with Crippen molar-refractivity contribution in [3.05, 3.63) is 23.7 Å². The van der Waals surface area contributed by atoms with Gasteiger partial charge in [0.1, 0.15) is 5.82 Å². The number of aryl methyl sites for hydroxylation is 2. The second-order valence-electron chi connectivity index (χ2n) is 2.89. The van der Waals surface area contributed by atoms with Crippen molar-refractivity contribution in [3.8, 4) is 0 Å². The Morgan fingerprint density at radius 3 is 2.83 bits per heavy atom. The van der Waals surface area contributed by atoms with E-state index in [0.717, 1.165) is 22.7 Å². The first kappa shape index (κ1) is 7.09. The smallest absolute Gasteiger partial charge is 0.161 e. The van der Waals surface area contributed by atoms with Crippen molar-refractivity contribution < 1.29 is 0 Å². The van der Waals surface area contributed by atoms with Gasteiger partial charge in [0, 0.05) is 6.20 Å². The van der Waals surface area contributed by atoms with Crippen LogP contribution in [0.15, 0.2) is 12.3 Å². The standard InChI is InChI=1S/C8H10N4/c1-5-3-8-11-10-6(2)12(8)4-7(5)9/h3-4H,9H2,1-2H3. The second-order valence-corrected chi connectivity index (χ2v) is 2.89. The molecule has 0 spiro atoms. The van der Waals surface area contributed by atoms with Crippen LogP contribution in [0, 0.1) is 13.8 Å². The highest BCUT2D eigenvalue weighted by Crippen LogP contribution is 2.13. The number of nitrogens with zero attached hydrogens (tertiary/aromatic N) is 3. The zero-order chi connectivity index (χ0) is 8.72. The number of hydrogen-bond donors (Lipinski definition) is 1. The largest absolute Gasteiger partial charge is 0.397 e. The highest BCUT2D eigenvalue weighted by atomic mass is 15.2. The van der Waals surface area contributed by atoms with Crippen LogP contribution in [0.3, 0.4) is 0 Å². The minimum atomic E-state index is 0.769. The zero-order valence-corrected chi connectivity index (χ0v) is 7.07. The summed E-state index contributed by atoms with van der Waals surface area (Å²) < 4.78 is 1.88. The lowest BCUT2D eigenvalue weighted by Gasteiger charge is -2.00. The molecular weight excluding hydrogens is 152 g/mol. The highest BCUT2D eigenvalue weighted by Gasteiger charge is 2.02. The van der Waals surface area contributed by atoms with Gasteiger partial charge in [-0.2, -0.15) is 0 Å². The Morgan fingerprint density at radius 1 is 1.33 bits per heavy atom. The Hall–Kier alpha value is -1.58. The number of rotatable bonds is 0. The van der Waals surface area contributed by atoms with Crippen LogP contribution in [0.1, 0.15) is 11.4 Å². The molecule has 0 amide bonds. The average Bonchev–Trinajstić information content (AvgIpc) is 2.35. The van der Waals surface area contributed by atoms with E-state index in [0.29, 0.717) is 0 Å². The van der Waals surface area contributed by atoms with Crippen molar-refractivity contribution in [2.75, 3.05) is 5.73 Å². The van der Waals surface area contributed by atoms with E-state index in [1.807, 2.05) is 30.5 Å². The van der Waals surface area contributed by atoms with Gasteiger partial charge < -0.3 is 5.73 Å². The van der Waals surface area contributed by atoms with Gasteiger partial charge in [0.2, 0.25) is 0 Å². The predicted octanol–water partition coefficient (Wildman–Crippen LogP) is 0.928. The summed E-state index contributed by atoms with van der Waals surface area (Å²) in [6.07, 6.45) is 1.85. The van der Waals surface area contributed by atoms with Crippen LogP contribution < -0.4 is 5.73 Å². The first-order valence-corrected chi connectivity index (χ1v) is 3.76. The van der Waals surface area contributed by atoms with Gasteiger partial charge in [-0.25, -0.2) is 0 Å². The molecule has 0 aliphatic rings. The summed E-state index contributed by atoms with van der Waals surface area (Å²) in [7, 11) is 0. The first-order valence-electron chi connectivity index (χ1n) is 3.76. The topological polar surface area (TPSA) is 56.2 Å². The lowest BCUT2D eigenvalue weighted by atomic mass is 10.2. The van der Waals surface area contributed by atoms with Crippen LogP contribution in [0.4, 0.5) is 5.69 Å². The number of nitrogens with two attached hydrogens (primary N) is 1. The van der Waals surface area contributed by atoms with Crippen LogP contribution in [0.25, 0.3) is 5.65 Å². The minimum absolute atomic E-state index is 0.769. The summed E-state index contributed by atoms with van der Waals surface area (Å²) in [4.78, 5) is 0. The summed E-state index contributed by atoms with van der Waals surface area (Å²) in [6.45, 7) is 3.86. The molecule has 0 atom stereocenters. The van der Waals surface area contributed by atoms with Crippen LogP contribution in [-0.4, -0.2) is 14.6 Å². The molecule has 4 heteroatoms. The third-order valence-corrected chi connectivity index (χ3v) is 1.96. The maximum Gasteiger partial charge on any atom is 0.161 e. The van der Waals surface area contributed by atoms with E-state index in [1.165, 1.54) is 0 Å². The fourth-order valence-corrected chi connectivity index (χ4v) is 1.16. The fourth-order valence-electron chi connectivity index (χ4n) is 1.16. The molecule has 0 saturated carbocycles. The van der Waals surface area contributed by atoms with Gasteiger partial charge in [0.15, 0.2) is 5.65 Å². The number of anilines is 1. The van der Waals surface area contributed by atoms with E-state index < -0.39 is 0 Å².